The van der Waals surface area contributed by atoms with Crippen molar-refractivity contribution in [1.82, 2.24) is 0 Å². The molecule has 1 heterocycles. The van der Waals surface area contributed by atoms with E-state index in [1.54, 1.807) is 12.5 Å². The number of carbonyl (C=O) groups is 1. The van der Waals surface area contributed by atoms with Crippen LogP contribution in [0.3, 0.4) is 0 Å². The quantitative estimate of drug-likeness (QED) is 0.205. The first-order valence-corrected chi connectivity index (χ1v) is 24.1. The molecule has 0 bridgehead atoms. The average molecular weight is 673 g/mol. The fourth-order valence-corrected chi connectivity index (χ4v) is 11.2. The fraction of sp³-hybridized carbons (Fsp3) is 0.821. The van der Waals surface area contributed by atoms with Gasteiger partial charge in [-0.15, -0.1) is 0 Å². The third kappa shape index (κ3) is 7.74. The summed E-state index contributed by atoms with van der Waals surface area (Å²) in [7, 11) is -3.96. The van der Waals surface area contributed by atoms with Crippen LogP contribution in [0, 0.1) is 23.2 Å². The Balaban J connectivity index is 1.56. The van der Waals surface area contributed by atoms with Gasteiger partial charge in [0.05, 0.1) is 12.2 Å². The molecule has 3 saturated carbocycles. The summed E-state index contributed by atoms with van der Waals surface area (Å²) in [5.41, 5.74) is 2.95. The van der Waals surface area contributed by atoms with E-state index in [1.165, 1.54) is 31.3 Å². The molecule has 0 unspecified atom stereocenters. The second-order valence-corrected chi connectivity index (χ2v) is 28.6. The molecule has 3 aliphatic carbocycles. The summed E-state index contributed by atoms with van der Waals surface area (Å²) in [5.74, 6) is 1.15. The van der Waals surface area contributed by atoms with Crippen LogP contribution in [0.25, 0.3) is 0 Å². The Labute approximate surface area is 284 Å². The molecule has 0 spiro atoms. The Morgan fingerprint density at radius 3 is 2.20 bits per heavy atom. The lowest BCUT2D eigenvalue weighted by Crippen LogP contribution is -2.49. The first-order chi connectivity index (χ1) is 20.9. The van der Waals surface area contributed by atoms with E-state index in [0.29, 0.717) is 24.2 Å². The van der Waals surface area contributed by atoms with E-state index in [1.807, 2.05) is 0 Å². The smallest absolute Gasteiger partial charge is 0.338 e. The highest BCUT2D eigenvalue weighted by Gasteiger charge is 2.52. The first-order valence-electron chi connectivity index (χ1n) is 18.3. The van der Waals surface area contributed by atoms with Crippen molar-refractivity contribution in [2.75, 3.05) is 0 Å². The first kappa shape index (κ1) is 37.8. The highest BCUT2D eigenvalue weighted by Crippen LogP contribution is 2.60. The largest absolute Gasteiger partial charge is 0.460 e. The van der Waals surface area contributed by atoms with Gasteiger partial charge in [0.15, 0.2) is 22.2 Å². The molecule has 0 aromatic carbocycles. The molecule has 46 heavy (non-hydrogen) atoms. The lowest BCUT2D eigenvalue weighted by atomic mass is 9.60. The van der Waals surface area contributed by atoms with Gasteiger partial charge in [-0.3, -0.25) is 0 Å². The second-order valence-electron chi connectivity index (χ2n) is 19.1. The Morgan fingerprint density at radius 2 is 1.63 bits per heavy atom. The van der Waals surface area contributed by atoms with Crippen molar-refractivity contribution in [2.24, 2.45) is 23.2 Å². The number of fused-ring (bicyclic) bond motifs is 1. The number of ether oxygens (including phenoxy) is 1. The Kier molecular flexibility index (Phi) is 10.7. The molecule has 262 valence electrons. The van der Waals surface area contributed by atoms with E-state index in [2.05, 4.69) is 100 Å². The molecule has 0 amide bonds. The van der Waals surface area contributed by atoms with Gasteiger partial charge in [-0.2, -0.15) is 0 Å². The van der Waals surface area contributed by atoms with Crippen molar-refractivity contribution in [3.05, 3.63) is 35.5 Å². The lowest BCUT2D eigenvalue weighted by molar-refractivity contribution is -0.154. The van der Waals surface area contributed by atoms with E-state index >= 15 is 0 Å². The van der Waals surface area contributed by atoms with Crippen LogP contribution < -0.4 is 0 Å². The molecule has 4 rings (SSSR count). The summed E-state index contributed by atoms with van der Waals surface area (Å²) in [5, 5.41) is 10.7. The van der Waals surface area contributed by atoms with Crippen LogP contribution in [0.5, 0.6) is 0 Å². The maximum absolute atomic E-state index is 12.1. The lowest BCUT2D eigenvalue weighted by Gasteiger charge is -2.46. The molecule has 0 aromatic rings. The molecule has 1 saturated heterocycles. The van der Waals surface area contributed by atoms with Gasteiger partial charge in [-0.25, -0.2) is 4.79 Å². The van der Waals surface area contributed by atoms with Gasteiger partial charge >= 0.3 is 5.97 Å². The zero-order valence-corrected chi connectivity index (χ0v) is 33.8. The second kappa shape index (κ2) is 13.0. The molecule has 8 atom stereocenters. The summed E-state index contributed by atoms with van der Waals surface area (Å²) < 4.78 is 19.7. The normalized spacial score (nSPS) is 37.1. The SMILES string of the molecule is C=C1C(=CC=C2CCC[C@]3(C)[C@@H]([C@H](C)C[C@H]4C[C@@](C)(O)C(=O)O4)CC[C@@H]23)C[C@@H](O[Si](C)(C)C(C)(C)C)C[C@@H]1O[Si](C)(C)C(C)(C)C. The standard InChI is InChI=1S/C39H68O5Si2/c1-26(22-31-25-39(10,41)35(40)42-31)32-19-20-33-28(16-15-21-38(32,33)9)17-18-29-23-30(43-45(11,12)36(3,4)5)24-34(27(29)2)44-46(13,14)37(6,7)8/h17-18,26,30-34,41H,2,15-16,19-25H2,1,3-14H3/t26-,30-,31+,32-,33+,34+,38-,39-/m1/s1. The van der Waals surface area contributed by atoms with Crippen LogP contribution in [0.2, 0.25) is 36.3 Å². The van der Waals surface area contributed by atoms with E-state index in [4.69, 9.17) is 13.6 Å². The summed E-state index contributed by atoms with van der Waals surface area (Å²) in [4.78, 5) is 12.1. The number of carbonyl (C=O) groups excluding carboxylic acids is 1. The van der Waals surface area contributed by atoms with Crippen molar-refractivity contribution >= 4 is 22.6 Å². The van der Waals surface area contributed by atoms with Crippen molar-refractivity contribution in [3.8, 4) is 0 Å². The van der Waals surface area contributed by atoms with Gasteiger partial charge in [0.2, 0.25) is 0 Å². The Morgan fingerprint density at radius 1 is 1.02 bits per heavy atom. The van der Waals surface area contributed by atoms with Crippen LogP contribution >= 0.6 is 0 Å². The van der Waals surface area contributed by atoms with Crippen LogP contribution in [0.15, 0.2) is 35.5 Å². The minimum absolute atomic E-state index is 0.00661. The minimum Gasteiger partial charge on any atom is -0.460 e. The van der Waals surface area contributed by atoms with Gasteiger partial charge in [-0.1, -0.05) is 79.7 Å². The predicted molar refractivity (Wildman–Crippen MR) is 196 cm³/mol. The predicted octanol–water partition coefficient (Wildman–Crippen LogP) is 10.3. The van der Waals surface area contributed by atoms with Gasteiger partial charge in [-0.05, 0) is 122 Å². The van der Waals surface area contributed by atoms with Gasteiger partial charge < -0.3 is 18.7 Å². The monoisotopic (exact) mass is 672 g/mol. The maximum Gasteiger partial charge on any atom is 0.338 e. The van der Waals surface area contributed by atoms with Crippen molar-refractivity contribution < 1.29 is 23.5 Å². The zero-order chi connectivity index (χ0) is 34.7. The molecule has 4 aliphatic rings. The summed E-state index contributed by atoms with van der Waals surface area (Å²) in [6.07, 6.45) is 13.9. The molecule has 1 N–H and O–H groups in total. The van der Waals surface area contributed by atoms with Crippen molar-refractivity contribution in [1.29, 1.82) is 0 Å². The van der Waals surface area contributed by atoms with E-state index in [-0.39, 0.29) is 33.8 Å². The van der Waals surface area contributed by atoms with Gasteiger partial charge in [0.1, 0.15) is 6.10 Å². The van der Waals surface area contributed by atoms with Crippen LogP contribution in [0.1, 0.15) is 120 Å². The highest BCUT2D eigenvalue weighted by molar-refractivity contribution is 6.74. The summed E-state index contributed by atoms with van der Waals surface area (Å²) in [6, 6.07) is 0. The van der Waals surface area contributed by atoms with Crippen LogP contribution in [0.4, 0.5) is 0 Å². The number of esters is 1. The average Bonchev–Trinajstić information content (AvgIpc) is 3.37. The minimum atomic E-state index is -2.00. The molecular formula is C39H68O5Si2. The molecule has 0 aromatic heterocycles. The number of hydrogen-bond donors (Lipinski definition) is 1. The number of allylic oxidation sites excluding steroid dienone is 3. The number of aliphatic hydroxyl groups is 1. The molecule has 7 heteroatoms. The van der Waals surface area contributed by atoms with Crippen LogP contribution in [-0.4, -0.2) is 51.6 Å². The highest BCUT2D eigenvalue weighted by atomic mass is 28.4. The van der Waals surface area contributed by atoms with Gasteiger partial charge in [0.25, 0.3) is 0 Å². The van der Waals surface area contributed by atoms with E-state index in [0.717, 1.165) is 31.3 Å². The molecule has 0 radical (unpaired) electrons. The number of hydrogen-bond acceptors (Lipinski definition) is 5. The Bertz CT molecular complexity index is 1220. The topological polar surface area (TPSA) is 65.0 Å². The number of cyclic esters (lactones) is 1. The van der Waals surface area contributed by atoms with Crippen LogP contribution in [-0.2, 0) is 18.4 Å². The molecule has 1 aliphatic heterocycles. The molecule has 5 nitrogen and oxygen atoms in total. The van der Waals surface area contributed by atoms with E-state index in [9.17, 15) is 9.90 Å². The third-order valence-corrected chi connectivity index (χ3v) is 22.5. The fourth-order valence-electron chi connectivity index (χ4n) is 8.54. The third-order valence-electron chi connectivity index (χ3n) is 13.4. The molecular weight excluding hydrogens is 605 g/mol. The number of rotatable bonds is 8. The van der Waals surface area contributed by atoms with Crippen molar-refractivity contribution in [2.45, 2.75) is 180 Å². The summed E-state index contributed by atoms with van der Waals surface area (Å²) in [6.45, 7) is 34.5. The van der Waals surface area contributed by atoms with Gasteiger partial charge in [0, 0.05) is 12.8 Å². The Hall–Kier alpha value is -0.996. The summed E-state index contributed by atoms with van der Waals surface area (Å²) >= 11 is 0. The maximum atomic E-state index is 12.1. The molecule has 4 fully saturated rings. The zero-order valence-electron chi connectivity index (χ0n) is 31.8. The van der Waals surface area contributed by atoms with E-state index < -0.39 is 28.2 Å². The van der Waals surface area contributed by atoms with Crippen molar-refractivity contribution in [3.63, 3.8) is 0 Å².